The van der Waals surface area contributed by atoms with Crippen molar-refractivity contribution in [1.29, 1.82) is 0 Å². The van der Waals surface area contributed by atoms with Crippen molar-refractivity contribution >= 4 is 17.5 Å². The summed E-state index contributed by atoms with van der Waals surface area (Å²) in [5, 5.41) is 0. The number of carbonyl (C=O) groups excluding carboxylic acids is 1. The first kappa shape index (κ1) is 15.6. The predicted octanol–water partition coefficient (Wildman–Crippen LogP) is 4.79. The van der Waals surface area contributed by atoms with Crippen molar-refractivity contribution in [2.45, 2.75) is 24.7 Å². The molecule has 2 aromatic rings. The van der Waals surface area contributed by atoms with Crippen LogP contribution < -0.4 is 4.74 Å². The Morgan fingerprint density at radius 1 is 1.05 bits per heavy atom. The second-order valence-corrected chi connectivity index (χ2v) is 6.21. The SMILES string of the molecule is COc1ccc(SCC(=O)c2ccc(C(C)C)cc2)cc1. The Balaban J connectivity index is 1.94. The van der Waals surface area contributed by atoms with E-state index < -0.39 is 0 Å². The molecule has 2 nitrogen and oxygen atoms in total. The quantitative estimate of drug-likeness (QED) is 0.566. The third-order valence-electron chi connectivity index (χ3n) is 3.33. The van der Waals surface area contributed by atoms with E-state index in [9.17, 15) is 4.79 Å². The summed E-state index contributed by atoms with van der Waals surface area (Å²) in [6.07, 6.45) is 0. The molecule has 0 aromatic heterocycles. The highest BCUT2D eigenvalue weighted by Crippen LogP contribution is 2.22. The van der Waals surface area contributed by atoms with Crippen molar-refractivity contribution in [3.63, 3.8) is 0 Å². The van der Waals surface area contributed by atoms with Gasteiger partial charge in [0, 0.05) is 10.5 Å². The van der Waals surface area contributed by atoms with E-state index in [1.54, 1.807) is 18.9 Å². The predicted molar refractivity (Wildman–Crippen MR) is 88.6 cm³/mol. The Labute approximate surface area is 130 Å². The summed E-state index contributed by atoms with van der Waals surface area (Å²) in [4.78, 5) is 13.2. The lowest BCUT2D eigenvalue weighted by Crippen LogP contribution is -2.02. The molecule has 0 radical (unpaired) electrons. The van der Waals surface area contributed by atoms with Crippen molar-refractivity contribution < 1.29 is 9.53 Å². The van der Waals surface area contributed by atoms with E-state index in [-0.39, 0.29) is 5.78 Å². The molecule has 0 amide bonds. The summed E-state index contributed by atoms with van der Waals surface area (Å²) in [5.74, 6) is 1.93. The topological polar surface area (TPSA) is 26.3 Å². The molecule has 0 spiro atoms. The minimum atomic E-state index is 0.158. The highest BCUT2D eigenvalue weighted by Gasteiger charge is 2.07. The Kier molecular flexibility index (Phi) is 5.45. The van der Waals surface area contributed by atoms with Gasteiger partial charge in [-0.2, -0.15) is 0 Å². The van der Waals surface area contributed by atoms with Crippen LogP contribution in [0.1, 0.15) is 35.7 Å². The zero-order valence-corrected chi connectivity index (χ0v) is 13.4. The summed E-state index contributed by atoms with van der Waals surface area (Å²) in [6, 6.07) is 15.7. The first-order valence-corrected chi connectivity index (χ1v) is 7.98. The maximum atomic E-state index is 12.2. The number of carbonyl (C=O) groups is 1. The van der Waals surface area contributed by atoms with Crippen LogP contribution >= 0.6 is 11.8 Å². The monoisotopic (exact) mass is 300 g/mol. The van der Waals surface area contributed by atoms with E-state index in [1.807, 2.05) is 48.5 Å². The van der Waals surface area contributed by atoms with Crippen LogP contribution in [-0.2, 0) is 0 Å². The van der Waals surface area contributed by atoms with Gasteiger partial charge < -0.3 is 4.74 Å². The molecule has 110 valence electrons. The minimum absolute atomic E-state index is 0.158. The molecular formula is C18H20O2S. The van der Waals surface area contributed by atoms with Gasteiger partial charge in [-0.1, -0.05) is 38.1 Å². The van der Waals surface area contributed by atoms with Gasteiger partial charge in [0.15, 0.2) is 5.78 Å². The Morgan fingerprint density at radius 3 is 2.19 bits per heavy atom. The van der Waals surface area contributed by atoms with Gasteiger partial charge in [0.2, 0.25) is 0 Å². The first-order valence-electron chi connectivity index (χ1n) is 7.00. The van der Waals surface area contributed by atoms with Crippen molar-refractivity contribution in [1.82, 2.24) is 0 Å². The number of rotatable bonds is 6. The van der Waals surface area contributed by atoms with Crippen LogP contribution in [0.15, 0.2) is 53.4 Å². The van der Waals surface area contributed by atoms with E-state index in [1.165, 1.54) is 5.56 Å². The standard InChI is InChI=1S/C18H20O2S/c1-13(2)14-4-6-15(7-5-14)18(19)12-21-17-10-8-16(20-3)9-11-17/h4-11,13H,12H2,1-3H3. The maximum absolute atomic E-state index is 12.2. The Morgan fingerprint density at radius 2 is 1.67 bits per heavy atom. The van der Waals surface area contributed by atoms with Crippen LogP contribution in [0.25, 0.3) is 0 Å². The number of ether oxygens (including phenoxy) is 1. The molecule has 0 aliphatic heterocycles. The van der Waals surface area contributed by atoms with E-state index in [0.29, 0.717) is 11.7 Å². The van der Waals surface area contributed by atoms with E-state index in [2.05, 4.69) is 13.8 Å². The van der Waals surface area contributed by atoms with Gasteiger partial charge in [0.1, 0.15) is 5.75 Å². The molecule has 21 heavy (non-hydrogen) atoms. The van der Waals surface area contributed by atoms with Gasteiger partial charge in [-0.3, -0.25) is 4.79 Å². The maximum Gasteiger partial charge on any atom is 0.173 e. The summed E-state index contributed by atoms with van der Waals surface area (Å²) in [5.41, 5.74) is 2.04. The summed E-state index contributed by atoms with van der Waals surface area (Å²) in [6.45, 7) is 4.30. The fourth-order valence-corrected chi connectivity index (χ4v) is 2.75. The third kappa shape index (κ3) is 4.36. The van der Waals surface area contributed by atoms with E-state index in [0.717, 1.165) is 16.2 Å². The molecule has 0 bridgehead atoms. The van der Waals surface area contributed by atoms with Crippen molar-refractivity contribution in [3.8, 4) is 5.75 Å². The molecule has 2 aromatic carbocycles. The first-order chi connectivity index (χ1) is 10.1. The third-order valence-corrected chi connectivity index (χ3v) is 4.34. The number of hydrogen-bond acceptors (Lipinski definition) is 3. The summed E-state index contributed by atoms with van der Waals surface area (Å²) >= 11 is 1.55. The van der Waals surface area contributed by atoms with Crippen LogP contribution in [0.5, 0.6) is 5.75 Å². The van der Waals surface area contributed by atoms with Gasteiger partial charge in [0.25, 0.3) is 0 Å². The molecule has 0 N–H and O–H groups in total. The van der Waals surface area contributed by atoms with Crippen LogP contribution in [-0.4, -0.2) is 18.6 Å². The fraction of sp³-hybridized carbons (Fsp3) is 0.278. The lowest BCUT2D eigenvalue weighted by atomic mass is 10.0. The number of thioether (sulfide) groups is 1. The lowest BCUT2D eigenvalue weighted by molar-refractivity contribution is 0.102. The summed E-state index contributed by atoms with van der Waals surface area (Å²) in [7, 11) is 1.65. The number of hydrogen-bond donors (Lipinski definition) is 0. The number of benzene rings is 2. The van der Waals surface area contributed by atoms with Gasteiger partial charge in [-0.25, -0.2) is 0 Å². The molecule has 0 unspecified atom stereocenters. The van der Waals surface area contributed by atoms with Crippen LogP contribution in [0.4, 0.5) is 0 Å². The van der Waals surface area contributed by atoms with Crippen LogP contribution in [0.3, 0.4) is 0 Å². The highest BCUT2D eigenvalue weighted by molar-refractivity contribution is 8.00. The van der Waals surface area contributed by atoms with Crippen molar-refractivity contribution in [2.24, 2.45) is 0 Å². The van der Waals surface area contributed by atoms with E-state index in [4.69, 9.17) is 4.74 Å². The normalized spacial score (nSPS) is 10.7. The zero-order valence-electron chi connectivity index (χ0n) is 12.6. The Hall–Kier alpha value is -1.74. The highest BCUT2D eigenvalue weighted by atomic mass is 32.2. The molecule has 0 saturated heterocycles. The molecule has 0 saturated carbocycles. The number of ketones is 1. The molecule has 0 fully saturated rings. The molecule has 2 rings (SSSR count). The molecule has 0 heterocycles. The van der Waals surface area contributed by atoms with Crippen LogP contribution in [0, 0.1) is 0 Å². The van der Waals surface area contributed by atoms with Gasteiger partial charge in [-0.05, 0) is 35.7 Å². The Bertz CT molecular complexity index is 586. The molecule has 3 heteroatoms. The van der Waals surface area contributed by atoms with Gasteiger partial charge in [0.05, 0.1) is 12.9 Å². The average Bonchev–Trinajstić information content (AvgIpc) is 2.53. The molecule has 0 aliphatic rings. The molecular weight excluding hydrogens is 280 g/mol. The molecule has 0 aliphatic carbocycles. The number of methoxy groups -OCH3 is 1. The molecule has 0 atom stereocenters. The fourth-order valence-electron chi connectivity index (χ4n) is 1.96. The smallest absolute Gasteiger partial charge is 0.173 e. The van der Waals surface area contributed by atoms with Gasteiger partial charge >= 0.3 is 0 Å². The largest absolute Gasteiger partial charge is 0.497 e. The lowest BCUT2D eigenvalue weighted by Gasteiger charge is -2.07. The van der Waals surface area contributed by atoms with Crippen molar-refractivity contribution in [2.75, 3.05) is 12.9 Å². The van der Waals surface area contributed by atoms with E-state index >= 15 is 0 Å². The number of Topliss-reactive ketones (excluding diaryl/α,β-unsaturated/α-hetero) is 1. The van der Waals surface area contributed by atoms with Crippen molar-refractivity contribution in [3.05, 3.63) is 59.7 Å². The second-order valence-electron chi connectivity index (χ2n) is 5.16. The second kappa shape index (κ2) is 7.32. The van der Waals surface area contributed by atoms with Gasteiger partial charge in [-0.15, -0.1) is 11.8 Å². The summed E-state index contributed by atoms with van der Waals surface area (Å²) < 4.78 is 5.12. The minimum Gasteiger partial charge on any atom is -0.497 e. The zero-order chi connectivity index (χ0) is 15.2. The average molecular weight is 300 g/mol. The van der Waals surface area contributed by atoms with Crippen LogP contribution in [0.2, 0.25) is 0 Å².